The van der Waals surface area contributed by atoms with E-state index in [4.69, 9.17) is 0 Å². The molecule has 0 aromatic carbocycles. The maximum Gasteiger partial charge on any atom is 0.242 e. The van der Waals surface area contributed by atoms with Crippen LogP contribution in [0.25, 0.3) is 0 Å². The second kappa shape index (κ2) is 12.3. The first-order valence-electron chi connectivity index (χ1n) is 9.07. The molecule has 1 fully saturated rings. The zero-order chi connectivity index (χ0) is 16.0. The Hall–Kier alpha value is -1.26. The van der Waals surface area contributed by atoms with Gasteiger partial charge in [0.2, 0.25) is 5.91 Å². The predicted molar refractivity (Wildman–Crippen MR) is 93.1 cm³/mol. The van der Waals surface area contributed by atoms with Crippen LogP contribution in [-0.4, -0.2) is 37.5 Å². The Morgan fingerprint density at radius 3 is 2.50 bits per heavy atom. The molecule has 3 N–H and O–H groups in total. The van der Waals surface area contributed by atoms with Gasteiger partial charge in [-0.2, -0.15) is 0 Å². The van der Waals surface area contributed by atoms with Crippen molar-refractivity contribution in [3.05, 3.63) is 0 Å². The van der Waals surface area contributed by atoms with Gasteiger partial charge in [-0.25, -0.2) is 4.99 Å². The molecule has 1 saturated carbocycles. The summed E-state index contributed by atoms with van der Waals surface area (Å²) in [5, 5.41) is 9.59. The smallest absolute Gasteiger partial charge is 0.242 e. The maximum absolute atomic E-state index is 12.0. The first-order chi connectivity index (χ1) is 10.8. The molecule has 128 valence electrons. The van der Waals surface area contributed by atoms with Gasteiger partial charge in [0.1, 0.15) is 6.54 Å². The molecule has 5 heteroatoms. The number of hydrogen-bond donors (Lipinski definition) is 3. The second-order valence-electron chi connectivity index (χ2n) is 6.09. The Morgan fingerprint density at radius 2 is 1.82 bits per heavy atom. The molecule has 22 heavy (non-hydrogen) atoms. The summed E-state index contributed by atoms with van der Waals surface area (Å²) in [6.45, 7) is 6.18. The van der Waals surface area contributed by atoms with Crippen molar-refractivity contribution < 1.29 is 4.79 Å². The van der Waals surface area contributed by atoms with Gasteiger partial charge in [-0.3, -0.25) is 4.79 Å². The number of guanidine groups is 1. The van der Waals surface area contributed by atoms with E-state index in [1.54, 1.807) is 0 Å². The van der Waals surface area contributed by atoms with Crippen molar-refractivity contribution in [2.24, 2.45) is 4.99 Å². The quantitative estimate of drug-likeness (QED) is 0.348. The Morgan fingerprint density at radius 1 is 1.05 bits per heavy atom. The first kappa shape index (κ1) is 18.8. The lowest BCUT2D eigenvalue weighted by Gasteiger charge is -2.22. The van der Waals surface area contributed by atoms with E-state index in [2.05, 4.69) is 27.9 Å². The Bertz CT molecular complexity index is 325. The van der Waals surface area contributed by atoms with Crippen molar-refractivity contribution >= 4 is 11.9 Å². The van der Waals surface area contributed by atoms with Crippen LogP contribution in [0.1, 0.15) is 71.6 Å². The fourth-order valence-electron chi connectivity index (χ4n) is 2.77. The van der Waals surface area contributed by atoms with Gasteiger partial charge in [-0.1, -0.05) is 45.4 Å². The standard InChI is InChI=1S/C17H34N4O/c1-3-5-6-10-13-19-17(18-4-2)20-14-16(22)21-15-11-8-7-9-12-15/h15H,3-14H2,1-2H3,(H,21,22)(H2,18,19,20). The summed E-state index contributed by atoms with van der Waals surface area (Å²) >= 11 is 0. The number of carbonyl (C=O) groups excluding carboxylic acids is 1. The molecule has 1 aliphatic rings. The van der Waals surface area contributed by atoms with Gasteiger partial charge in [0, 0.05) is 19.1 Å². The summed E-state index contributed by atoms with van der Waals surface area (Å²) in [4.78, 5) is 16.3. The molecule has 1 amide bonds. The molecular weight excluding hydrogens is 276 g/mol. The Labute approximate surface area is 135 Å². The molecule has 1 rings (SSSR count). The molecule has 0 unspecified atom stereocenters. The number of aliphatic imine (C=N–C) groups is 1. The molecule has 0 atom stereocenters. The number of amides is 1. The van der Waals surface area contributed by atoms with E-state index in [0.29, 0.717) is 6.04 Å². The van der Waals surface area contributed by atoms with Crippen molar-refractivity contribution in [3.63, 3.8) is 0 Å². The molecule has 0 saturated heterocycles. The zero-order valence-electron chi connectivity index (χ0n) is 14.4. The van der Waals surface area contributed by atoms with E-state index in [0.717, 1.165) is 38.3 Å². The van der Waals surface area contributed by atoms with Gasteiger partial charge < -0.3 is 16.0 Å². The van der Waals surface area contributed by atoms with E-state index in [9.17, 15) is 4.79 Å². The predicted octanol–water partition coefficient (Wildman–Crippen LogP) is 2.57. The van der Waals surface area contributed by atoms with Crippen LogP contribution < -0.4 is 16.0 Å². The minimum Gasteiger partial charge on any atom is -0.357 e. The van der Waals surface area contributed by atoms with Crippen molar-refractivity contribution in [1.82, 2.24) is 16.0 Å². The highest BCUT2D eigenvalue weighted by Gasteiger charge is 2.15. The minimum atomic E-state index is 0.0371. The molecule has 0 heterocycles. The van der Waals surface area contributed by atoms with Crippen LogP contribution in [-0.2, 0) is 4.79 Å². The molecule has 0 aromatic heterocycles. The van der Waals surface area contributed by atoms with Crippen molar-refractivity contribution in [2.45, 2.75) is 77.7 Å². The number of carbonyl (C=O) groups is 1. The summed E-state index contributed by atoms with van der Waals surface area (Å²) in [5.74, 6) is 0.785. The third kappa shape index (κ3) is 8.90. The van der Waals surface area contributed by atoms with Crippen molar-refractivity contribution in [2.75, 3.05) is 19.6 Å². The fraction of sp³-hybridized carbons (Fsp3) is 0.882. The molecule has 0 radical (unpaired) electrons. The maximum atomic E-state index is 12.0. The van der Waals surface area contributed by atoms with Crippen LogP contribution in [0.2, 0.25) is 0 Å². The van der Waals surface area contributed by atoms with E-state index in [1.807, 2.05) is 6.92 Å². The summed E-state index contributed by atoms with van der Waals surface area (Å²) in [6.07, 6.45) is 10.9. The van der Waals surface area contributed by atoms with Gasteiger partial charge in [0.15, 0.2) is 5.96 Å². The summed E-state index contributed by atoms with van der Waals surface area (Å²) in [5.41, 5.74) is 0. The molecule has 0 aromatic rings. The highest BCUT2D eigenvalue weighted by molar-refractivity contribution is 5.84. The van der Waals surface area contributed by atoms with Crippen LogP contribution in [0.4, 0.5) is 0 Å². The normalized spacial score (nSPS) is 16.4. The molecule has 1 aliphatic carbocycles. The van der Waals surface area contributed by atoms with Crippen LogP contribution in [0, 0.1) is 0 Å². The topological polar surface area (TPSA) is 65.5 Å². The summed E-state index contributed by atoms with van der Waals surface area (Å²) < 4.78 is 0. The minimum absolute atomic E-state index is 0.0371. The van der Waals surface area contributed by atoms with Gasteiger partial charge in [0.25, 0.3) is 0 Å². The first-order valence-corrected chi connectivity index (χ1v) is 9.07. The summed E-state index contributed by atoms with van der Waals surface area (Å²) in [6, 6.07) is 0.362. The fourth-order valence-corrected chi connectivity index (χ4v) is 2.77. The van der Waals surface area contributed by atoms with E-state index < -0.39 is 0 Å². The molecule has 0 aliphatic heterocycles. The number of rotatable bonds is 9. The average Bonchev–Trinajstić information content (AvgIpc) is 2.53. The Kier molecular flexibility index (Phi) is 10.5. The third-order valence-corrected chi connectivity index (χ3v) is 4.02. The van der Waals surface area contributed by atoms with E-state index in [1.165, 1.54) is 38.5 Å². The van der Waals surface area contributed by atoms with Crippen LogP contribution >= 0.6 is 0 Å². The second-order valence-corrected chi connectivity index (χ2v) is 6.09. The van der Waals surface area contributed by atoms with Crippen LogP contribution in [0.3, 0.4) is 0 Å². The van der Waals surface area contributed by atoms with Gasteiger partial charge in [-0.05, 0) is 26.2 Å². The lowest BCUT2D eigenvalue weighted by atomic mass is 9.95. The van der Waals surface area contributed by atoms with Gasteiger partial charge in [-0.15, -0.1) is 0 Å². The van der Waals surface area contributed by atoms with Crippen molar-refractivity contribution in [1.29, 1.82) is 0 Å². The van der Waals surface area contributed by atoms with Crippen LogP contribution in [0.15, 0.2) is 4.99 Å². The largest absolute Gasteiger partial charge is 0.357 e. The molecule has 5 nitrogen and oxygen atoms in total. The number of nitrogens with one attached hydrogen (secondary N) is 3. The highest BCUT2D eigenvalue weighted by Crippen LogP contribution is 2.17. The zero-order valence-corrected chi connectivity index (χ0v) is 14.4. The number of unbranched alkanes of at least 4 members (excludes halogenated alkanes) is 3. The third-order valence-electron chi connectivity index (χ3n) is 4.02. The number of hydrogen-bond acceptors (Lipinski definition) is 2. The van der Waals surface area contributed by atoms with Gasteiger partial charge in [0.05, 0.1) is 0 Å². The lowest BCUT2D eigenvalue weighted by molar-refractivity contribution is -0.120. The monoisotopic (exact) mass is 310 g/mol. The molecular formula is C17H34N4O. The van der Waals surface area contributed by atoms with Crippen molar-refractivity contribution in [3.8, 4) is 0 Å². The van der Waals surface area contributed by atoms with Crippen LogP contribution in [0.5, 0.6) is 0 Å². The SMILES string of the molecule is CCCCCCNC(=NCC(=O)NC1CCCCC1)NCC. The average molecular weight is 310 g/mol. The van der Waals surface area contributed by atoms with E-state index >= 15 is 0 Å². The summed E-state index contributed by atoms with van der Waals surface area (Å²) in [7, 11) is 0. The lowest BCUT2D eigenvalue weighted by Crippen LogP contribution is -2.40. The van der Waals surface area contributed by atoms with E-state index in [-0.39, 0.29) is 12.5 Å². The highest BCUT2D eigenvalue weighted by atomic mass is 16.1. The van der Waals surface area contributed by atoms with Gasteiger partial charge >= 0.3 is 0 Å². The molecule has 0 spiro atoms. The molecule has 0 bridgehead atoms. The Balaban J connectivity index is 2.25. The number of nitrogens with zero attached hydrogens (tertiary/aromatic N) is 1.